The van der Waals surface area contributed by atoms with Crippen LogP contribution in [-0.2, 0) is 0 Å². The maximum atomic E-state index is 5.21. The molecule has 0 atom stereocenters. The van der Waals surface area contributed by atoms with Gasteiger partial charge in [-0.25, -0.2) is 0 Å². The van der Waals surface area contributed by atoms with Crippen molar-refractivity contribution >= 4 is 23.6 Å². The summed E-state index contributed by atoms with van der Waals surface area (Å²) in [5, 5.41) is 5.91. The first-order valence-corrected chi connectivity index (χ1v) is 6.19. The fourth-order valence-electron chi connectivity index (χ4n) is 1.43. The minimum atomic E-state index is 0.440. The Balaban J connectivity index is 2.07. The van der Waals surface area contributed by atoms with Crippen molar-refractivity contribution in [3.8, 4) is 22.2 Å². The molecule has 0 aliphatic heterocycles. The first-order valence-electron chi connectivity index (χ1n) is 4.90. The van der Waals surface area contributed by atoms with Crippen LogP contribution in [0.4, 0.5) is 0 Å². The van der Waals surface area contributed by atoms with E-state index >= 15 is 0 Å². The van der Waals surface area contributed by atoms with Gasteiger partial charge >= 0.3 is 0 Å². The third kappa shape index (κ3) is 1.92. The predicted molar refractivity (Wildman–Crippen MR) is 68.2 cm³/mol. The lowest BCUT2D eigenvalue weighted by molar-refractivity contribution is 0.432. The Morgan fingerprint density at radius 2 is 2.24 bits per heavy atom. The van der Waals surface area contributed by atoms with Crippen molar-refractivity contribution in [2.75, 3.05) is 0 Å². The van der Waals surface area contributed by atoms with Gasteiger partial charge in [-0.05, 0) is 23.6 Å². The Morgan fingerprint density at radius 3 is 3.00 bits per heavy atom. The quantitative estimate of drug-likeness (QED) is 0.717. The molecule has 0 aromatic carbocycles. The SMILES string of the molecule is S=c1[nH]cccc1-c1nc(-c2cccs2)no1. The maximum absolute atomic E-state index is 5.21. The number of aromatic amines is 1. The predicted octanol–water partition coefficient (Wildman–Crippen LogP) is 3.52. The Morgan fingerprint density at radius 1 is 1.29 bits per heavy atom. The van der Waals surface area contributed by atoms with Gasteiger partial charge in [-0.1, -0.05) is 23.4 Å². The van der Waals surface area contributed by atoms with Crippen LogP contribution in [0.25, 0.3) is 22.2 Å². The Bertz CT molecular complexity index is 685. The molecule has 0 fully saturated rings. The molecule has 6 heteroatoms. The van der Waals surface area contributed by atoms with E-state index in [1.807, 2.05) is 29.6 Å². The van der Waals surface area contributed by atoms with E-state index in [2.05, 4.69) is 15.1 Å². The van der Waals surface area contributed by atoms with Gasteiger partial charge in [0.1, 0.15) is 4.64 Å². The highest BCUT2D eigenvalue weighted by atomic mass is 32.1. The number of H-pyrrole nitrogens is 1. The topological polar surface area (TPSA) is 54.7 Å². The van der Waals surface area contributed by atoms with Gasteiger partial charge in [-0.15, -0.1) is 11.3 Å². The molecule has 3 rings (SSSR count). The normalized spacial score (nSPS) is 10.6. The number of hydrogen-bond donors (Lipinski definition) is 1. The summed E-state index contributed by atoms with van der Waals surface area (Å²) in [5.74, 6) is 1.03. The molecule has 0 radical (unpaired) electrons. The average molecular weight is 261 g/mol. The van der Waals surface area contributed by atoms with E-state index in [0.29, 0.717) is 16.4 Å². The first-order chi connectivity index (χ1) is 8.34. The molecule has 0 saturated heterocycles. The number of pyridine rings is 1. The maximum Gasteiger partial charge on any atom is 0.261 e. The second kappa shape index (κ2) is 4.23. The Labute approximate surface area is 106 Å². The monoisotopic (exact) mass is 261 g/mol. The first kappa shape index (κ1) is 10.4. The van der Waals surface area contributed by atoms with Crippen LogP contribution in [-0.4, -0.2) is 15.1 Å². The minimum Gasteiger partial charge on any atom is -0.352 e. The molecule has 4 nitrogen and oxygen atoms in total. The highest BCUT2D eigenvalue weighted by Crippen LogP contribution is 2.25. The molecule has 0 aliphatic carbocycles. The van der Waals surface area contributed by atoms with E-state index in [1.165, 1.54) is 0 Å². The number of aromatic nitrogens is 3. The van der Waals surface area contributed by atoms with Crippen molar-refractivity contribution in [1.82, 2.24) is 15.1 Å². The summed E-state index contributed by atoms with van der Waals surface area (Å²) in [7, 11) is 0. The van der Waals surface area contributed by atoms with Crippen LogP contribution in [0, 0.1) is 4.64 Å². The molecular weight excluding hydrogens is 254 g/mol. The van der Waals surface area contributed by atoms with Crippen molar-refractivity contribution in [2.24, 2.45) is 0 Å². The molecule has 1 N–H and O–H groups in total. The van der Waals surface area contributed by atoms with E-state index < -0.39 is 0 Å². The molecule has 3 aromatic heterocycles. The summed E-state index contributed by atoms with van der Waals surface area (Å²) < 4.78 is 5.81. The highest BCUT2D eigenvalue weighted by molar-refractivity contribution is 7.71. The molecule has 0 saturated carbocycles. The number of thiophene rings is 1. The van der Waals surface area contributed by atoms with Crippen molar-refractivity contribution in [3.63, 3.8) is 0 Å². The van der Waals surface area contributed by atoms with E-state index in [-0.39, 0.29) is 0 Å². The van der Waals surface area contributed by atoms with Gasteiger partial charge in [-0.2, -0.15) is 4.98 Å². The van der Waals surface area contributed by atoms with Crippen LogP contribution in [0.1, 0.15) is 0 Å². The smallest absolute Gasteiger partial charge is 0.261 e. The molecule has 84 valence electrons. The molecule has 3 heterocycles. The molecule has 3 aromatic rings. The van der Waals surface area contributed by atoms with Gasteiger partial charge in [-0.3, -0.25) is 0 Å². The van der Waals surface area contributed by atoms with Crippen LogP contribution in [0.3, 0.4) is 0 Å². The lowest BCUT2D eigenvalue weighted by Gasteiger charge is -1.92. The zero-order chi connectivity index (χ0) is 11.7. The molecule has 0 bridgehead atoms. The van der Waals surface area contributed by atoms with Crippen molar-refractivity contribution < 1.29 is 4.52 Å². The average Bonchev–Trinajstić information content (AvgIpc) is 3.00. The zero-order valence-electron chi connectivity index (χ0n) is 8.58. The third-order valence-corrected chi connectivity index (χ3v) is 3.42. The fourth-order valence-corrected chi connectivity index (χ4v) is 2.30. The Hall–Kier alpha value is -1.79. The van der Waals surface area contributed by atoms with E-state index in [0.717, 1.165) is 10.4 Å². The highest BCUT2D eigenvalue weighted by Gasteiger charge is 2.11. The standard InChI is InChI=1S/C11H7N3OS2/c16-11-7(3-1-5-12-11)10-13-9(14-15-10)8-4-2-6-17-8/h1-6H,(H,12,16). The van der Waals surface area contributed by atoms with Crippen LogP contribution < -0.4 is 0 Å². The van der Waals surface area contributed by atoms with Crippen LogP contribution in [0.15, 0.2) is 40.4 Å². The Kier molecular flexibility index (Phi) is 2.58. The third-order valence-electron chi connectivity index (χ3n) is 2.22. The van der Waals surface area contributed by atoms with Gasteiger partial charge < -0.3 is 9.51 Å². The van der Waals surface area contributed by atoms with Gasteiger partial charge in [0.25, 0.3) is 5.89 Å². The van der Waals surface area contributed by atoms with Crippen LogP contribution >= 0.6 is 23.6 Å². The summed E-state index contributed by atoms with van der Waals surface area (Å²) in [6, 6.07) is 7.60. The molecule has 17 heavy (non-hydrogen) atoms. The molecule has 0 aliphatic rings. The summed E-state index contributed by atoms with van der Waals surface area (Å²) in [6.45, 7) is 0. The summed E-state index contributed by atoms with van der Waals surface area (Å²) >= 11 is 6.73. The molecule has 0 spiro atoms. The number of rotatable bonds is 2. The lowest BCUT2D eigenvalue weighted by Crippen LogP contribution is -1.82. The number of nitrogens with zero attached hydrogens (tertiary/aromatic N) is 2. The van der Waals surface area contributed by atoms with Crippen LogP contribution in [0.2, 0.25) is 0 Å². The van der Waals surface area contributed by atoms with Crippen molar-refractivity contribution in [2.45, 2.75) is 0 Å². The van der Waals surface area contributed by atoms with Gasteiger partial charge in [0.2, 0.25) is 5.82 Å². The molecule has 0 amide bonds. The molecular formula is C11H7N3OS2. The van der Waals surface area contributed by atoms with Crippen molar-refractivity contribution in [3.05, 3.63) is 40.5 Å². The fraction of sp³-hybridized carbons (Fsp3) is 0. The van der Waals surface area contributed by atoms with Crippen LogP contribution in [0.5, 0.6) is 0 Å². The van der Waals surface area contributed by atoms with Gasteiger partial charge in [0, 0.05) is 6.20 Å². The van der Waals surface area contributed by atoms with E-state index in [4.69, 9.17) is 16.7 Å². The summed E-state index contributed by atoms with van der Waals surface area (Å²) in [5.41, 5.74) is 0.748. The van der Waals surface area contributed by atoms with Crippen molar-refractivity contribution in [1.29, 1.82) is 0 Å². The van der Waals surface area contributed by atoms with E-state index in [9.17, 15) is 0 Å². The summed E-state index contributed by atoms with van der Waals surface area (Å²) in [6.07, 6.45) is 1.77. The number of hydrogen-bond acceptors (Lipinski definition) is 5. The second-order valence-corrected chi connectivity index (χ2v) is 4.67. The van der Waals surface area contributed by atoms with Gasteiger partial charge in [0.05, 0.1) is 10.4 Å². The lowest BCUT2D eigenvalue weighted by atomic mass is 10.3. The largest absolute Gasteiger partial charge is 0.352 e. The van der Waals surface area contributed by atoms with Gasteiger partial charge in [0.15, 0.2) is 0 Å². The number of nitrogens with one attached hydrogen (secondary N) is 1. The zero-order valence-corrected chi connectivity index (χ0v) is 10.2. The summed E-state index contributed by atoms with van der Waals surface area (Å²) in [4.78, 5) is 8.24. The second-order valence-electron chi connectivity index (χ2n) is 3.31. The van der Waals surface area contributed by atoms with E-state index in [1.54, 1.807) is 17.5 Å². The minimum absolute atomic E-state index is 0.440. The molecule has 0 unspecified atom stereocenters.